The van der Waals surface area contributed by atoms with Gasteiger partial charge >= 0.3 is 5.97 Å². The van der Waals surface area contributed by atoms with Crippen molar-refractivity contribution in [1.82, 2.24) is 25.5 Å². The summed E-state index contributed by atoms with van der Waals surface area (Å²) in [6, 6.07) is 13.7. The number of benzene rings is 1. The fourth-order valence-electron chi connectivity index (χ4n) is 4.19. The number of rotatable bonds is 5. The van der Waals surface area contributed by atoms with Crippen LogP contribution in [0.4, 0.5) is 0 Å². The molecule has 162 valence electrons. The molecule has 0 unspecified atom stereocenters. The van der Waals surface area contributed by atoms with Gasteiger partial charge in [-0.1, -0.05) is 18.6 Å². The second-order valence-electron chi connectivity index (χ2n) is 8.16. The number of fused-ring (bicyclic) bond motifs is 1. The Morgan fingerprint density at radius 2 is 2.12 bits per heavy atom. The van der Waals surface area contributed by atoms with Crippen molar-refractivity contribution in [1.29, 1.82) is 0 Å². The Morgan fingerprint density at radius 1 is 1.19 bits per heavy atom. The number of carbonyl (C=O) groups excluding carboxylic acids is 1. The van der Waals surface area contributed by atoms with Gasteiger partial charge in [-0.05, 0) is 62.2 Å². The third-order valence-electron chi connectivity index (χ3n) is 5.88. The zero-order valence-electron chi connectivity index (χ0n) is 18.0. The molecule has 2 N–H and O–H groups in total. The highest BCUT2D eigenvalue weighted by molar-refractivity contribution is 6.04. The molecule has 3 aromatic heterocycles. The highest BCUT2D eigenvalue weighted by Gasteiger charge is 2.18. The van der Waals surface area contributed by atoms with Gasteiger partial charge in [-0.2, -0.15) is 5.10 Å². The Morgan fingerprint density at radius 3 is 2.97 bits per heavy atom. The SMILES string of the molecule is Cc1cccc(-c2[nH]ncc2-c2ccc3nccc(C(=O)OC[C@@H]4CCCCN4)c3c2)n1. The Balaban J connectivity index is 1.47. The average Bonchev–Trinajstić information content (AvgIpc) is 3.32. The van der Waals surface area contributed by atoms with E-state index in [4.69, 9.17) is 4.74 Å². The van der Waals surface area contributed by atoms with Crippen molar-refractivity contribution in [2.24, 2.45) is 0 Å². The normalized spacial score (nSPS) is 16.2. The zero-order chi connectivity index (χ0) is 21.9. The minimum absolute atomic E-state index is 0.228. The fraction of sp³-hybridized carbons (Fsp3) is 0.280. The molecule has 0 amide bonds. The third kappa shape index (κ3) is 4.11. The lowest BCUT2D eigenvalue weighted by atomic mass is 10.00. The van der Waals surface area contributed by atoms with Crippen LogP contribution in [-0.4, -0.2) is 45.3 Å². The van der Waals surface area contributed by atoms with Gasteiger partial charge in [0.25, 0.3) is 0 Å². The second kappa shape index (κ2) is 8.88. The molecule has 1 saturated heterocycles. The lowest BCUT2D eigenvalue weighted by molar-refractivity contribution is 0.0453. The number of aryl methyl sites for hydroxylation is 1. The zero-order valence-corrected chi connectivity index (χ0v) is 18.0. The van der Waals surface area contributed by atoms with Gasteiger partial charge in [-0.15, -0.1) is 0 Å². The number of pyridine rings is 2. The number of H-pyrrole nitrogens is 1. The molecule has 0 bridgehead atoms. The monoisotopic (exact) mass is 427 g/mol. The van der Waals surface area contributed by atoms with Crippen LogP contribution < -0.4 is 5.32 Å². The highest BCUT2D eigenvalue weighted by atomic mass is 16.5. The molecule has 4 heterocycles. The number of carbonyl (C=O) groups is 1. The molecule has 1 aliphatic heterocycles. The summed E-state index contributed by atoms with van der Waals surface area (Å²) in [5.74, 6) is -0.324. The van der Waals surface area contributed by atoms with E-state index in [0.29, 0.717) is 12.2 Å². The maximum absolute atomic E-state index is 12.9. The van der Waals surface area contributed by atoms with Gasteiger partial charge in [-0.3, -0.25) is 15.1 Å². The van der Waals surface area contributed by atoms with Crippen molar-refractivity contribution in [3.63, 3.8) is 0 Å². The minimum Gasteiger partial charge on any atom is -0.460 e. The van der Waals surface area contributed by atoms with E-state index in [1.54, 1.807) is 18.5 Å². The fourth-order valence-corrected chi connectivity index (χ4v) is 4.19. The molecule has 0 spiro atoms. The van der Waals surface area contributed by atoms with Crippen molar-refractivity contribution < 1.29 is 9.53 Å². The first-order chi connectivity index (χ1) is 15.7. The van der Waals surface area contributed by atoms with Gasteiger partial charge in [0.2, 0.25) is 0 Å². The molecule has 32 heavy (non-hydrogen) atoms. The summed E-state index contributed by atoms with van der Waals surface area (Å²) in [4.78, 5) is 22.0. The van der Waals surface area contributed by atoms with E-state index in [2.05, 4.69) is 25.5 Å². The molecule has 0 aliphatic carbocycles. The van der Waals surface area contributed by atoms with E-state index in [-0.39, 0.29) is 12.0 Å². The smallest absolute Gasteiger partial charge is 0.338 e. The number of aromatic amines is 1. The standard InChI is InChI=1S/C25H25N5O2/c1-16-5-4-7-23(29-16)24-21(14-28-30-24)17-8-9-22-20(13-17)19(10-12-27-22)25(31)32-15-18-6-2-3-11-26-18/h4-5,7-10,12-14,18,26H,2-3,6,11,15H2,1H3,(H,28,30)/t18-/m0/s1. The van der Waals surface area contributed by atoms with Gasteiger partial charge in [-0.25, -0.2) is 4.79 Å². The summed E-state index contributed by atoms with van der Waals surface area (Å²) in [7, 11) is 0. The molecule has 1 fully saturated rings. The second-order valence-corrected chi connectivity index (χ2v) is 8.16. The average molecular weight is 428 g/mol. The first-order valence-corrected chi connectivity index (χ1v) is 11.0. The first-order valence-electron chi connectivity index (χ1n) is 11.0. The Kier molecular flexibility index (Phi) is 5.64. The summed E-state index contributed by atoms with van der Waals surface area (Å²) < 4.78 is 5.65. The molecule has 7 heteroatoms. The van der Waals surface area contributed by atoms with Crippen LogP contribution in [0.25, 0.3) is 33.4 Å². The highest BCUT2D eigenvalue weighted by Crippen LogP contribution is 2.32. The maximum Gasteiger partial charge on any atom is 0.338 e. The van der Waals surface area contributed by atoms with Crippen LogP contribution in [0, 0.1) is 6.92 Å². The number of nitrogens with one attached hydrogen (secondary N) is 2. The van der Waals surface area contributed by atoms with Crippen LogP contribution >= 0.6 is 0 Å². The summed E-state index contributed by atoms with van der Waals surface area (Å²) in [6.45, 7) is 3.32. The van der Waals surface area contributed by atoms with Crippen molar-refractivity contribution in [2.45, 2.75) is 32.2 Å². The van der Waals surface area contributed by atoms with E-state index in [0.717, 1.165) is 52.1 Å². The van der Waals surface area contributed by atoms with Gasteiger partial charge in [0.1, 0.15) is 6.61 Å². The molecule has 4 aromatic rings. The number of nitrogens with zero attached hydrogens (tertiary/aromatic N) is 3. The van der Waals surface area contributed by atoms with Gasteiger partial charge in [0.15, 0.2) is 0 Å². The quantitative estimate of drug-likeness (QED) is 0.462. The maximum atomic E-state index is 12.9. The minimum atomic E-state index is -0.324. The number of ether oxygens (including phenoxy) is 1. The van der Waals surface area contributed by atoms with Crippen molar-refractivity contribution >= 4 is 16.9 Å². The Hall–Kier alpha value is -3.58. The first kappa shape index (κ1) is 20.3. The summed E-state index contributed by atoms with van der Waals surface area (Å²) in [5, 5.41) is 11.5. The van der Waals surface area contributed by atoms with Crippen molar-refractivity contribution in [3.8, 4) is 22.5 Å². The molecular weight excluding hydrogens is 402 g/mol. The molecule has 1 atom stereocenters. The number of hydrogen-bond donors (Lipinski definition) is 2. The lowest BCUT2D eigenvalue weighted by Gasteiger charge is -2.23. The van der Waals surface area contributed by atoms with Crippen LogP contribution in [-0.2, 0) is 4.74 Å². The summed E-state index contributed by atoms with van der Waals surface area (Å²) in [6.07, 6.45) is 6.81. The van der Waals surface area contributed by atoms with Crippen LogP contribution in [0.1, 0.15) is 35.3 Å². The van der Waals surface area contributed by atoms with E-state index in [1.807, 2.05) is 43.3 Å². The van der Waals surface area contributed by atoms with Crippen LogP contribution in [0.5, 0.6) is 0 Å². The molecule has 1 aromatic carbocycles. The molecule has 7 nitrogen and oxygen atoms in total. The van der Waals surface area contributed by atoms with E-state index < -0.39 is 0 Å². The molecule has 5 rings (SSSR count). The van der Waals surface area contributed by atoms with Gasteiger partial charge in [0.05, 0.1) is 28.7 Å². The number of piperidine rings is 1. The molecule has 1 aliphatic rings. The number of esters is 1. The van der Waals surface area contributed by atoms with Crippen molar-refractivity contribution in [3.05, 3.63) is 66.1 Å². The molecular formula is C25H25N5O2. The number of aromatic nitrogens is 4. The number of hydrogen-bond acceptors (Lipinski definition) is 6. The van der Waals surface area contributed by atoms with Crippen LogP contribution in [0.2, 0.25) is 0 Å². The Labute approximate surface area is 186 Å². The van der Waals surface area contributed by atoms with Gasteiger partial charge in [0, 0.05) is 28.9 Å². The molecule has 0 saturated carbocycles. The largest absolute Gasteiger partial charge is 0.460 e. The van der Waals surface area contributed by atoms with E-state index in [1.165, 1.54) is 12.8 Å². The molecule has 0 radical (unpaired) electrons. The topological polar surface area (TPSA) is 92.8 Å². The van der Waals surface area contributed by atoms with Gasteiger partial charge < -0.3 is 10.1 Å². The predicted octanol–water partition coefficient (Wildman–Crippen LogP) is 4.29. The summed E-state index contributed by atoms with van der Waals surface area (Å²) in [5.41, 5.74) is 5.71. The van der Waals surface area contributed by atoms with Crippen molar-refractivity contribution in [2.75, 3.05) is 13.2 Å². The Bertz CT molecular complexity index is 1260. The van der Waals surface area contributed by atoms with E-state index in [9.17, 15) is 4.79 Å². The van der Waals surface area contributed by atoms with Crippen LogP contribution in [0.15, 0.2) is 54.9 Å². The third-order valence-corrected chi connectivity index (χ3v) is 5.88. The van der Waals surface area contributed by atoms with E-state index >= 15 is 0 Å². The predicted molar refractivity (Wildman–Crippen MR) is 123 cm³/mol. The van der Waals surface area contributed by atoms with Crippen LogP contribution in [0.3, 0.4) is 0 Å². The summed E-state index contributed by atoms with van der Waals surface area (Å²) >= 11 is 0. The lowest BCUT2D eigenvalue weighted by Crippen LogP contribution is -2.38.